The number of hydrogen-bond donors (Lipinski definition) is 3. The molecule has 0 aromatic carbocycles. The van der Waals surface area contributed by atoms with Crippen LogP contribution in [0, 0.1) is 11.3 Å². The number of carbonyl (C=O) groups excluding carboxylic acids is 1. The number of rotatable bonds is 11. The molecule has 0 radical (unpaired) electrons. The van der Waals surface area contributed by atoms with Crippen molar-refractivity contribution in [3.63, 3.8) is 0 Å². The van der Waals surface area contributed by atoms with Gasteiger partial charge in [0.05, 0.1) is 17.6 Å². The van der Waals surface area contributed by atoms with E-state index in [-0.39, 0.29) is 24.5 Å². The second kappa shape index (κ2) is 10.8. The molecule has 2 aliphatic carbocycles. The van der Waals surface area contributed by atoms with Gasteiger partial charge in [-0.2, -0.15) is 0 Å². The normalized spacial score (nSPS) is 27.6. The molecule has 1 amide bonds. The molecule has 8 nitrogen and oxygen atoms in total. The van der Waals surface area contributed by atoms with Crippen LogP contribution in [-0.4, -0.2) is 60.0 Å². The molecule has 2 saturated carbocycles. The number of carbonyl (C=O) groups is 2. The van der Waals surface area contributed by atoms with Crippen molar-refractivity contribution in [1.29, 1.82) is 0 Å². The Hall–Kier alpha value is -2.19. The Morgan fingerprint density at radius 2 is 2.11 bits per heavy atom. The van der Waals surface area contributed by atoms with Crippen molar-refractivity contribution in [1.82, 2.24) is 10.3 Å². The molecule has 1 aromatic rings. The number of fused-ring (bicyclic) bond motifs is 1. The molecular weight excluding hydrogens is 446 g/mol. The second-order valence-electron chi connectivity index (χ2n) is 10.9. The number of nitrogens with one attached hydrogen (secondary N) is 2. The highest BCUT2D eigenvalue weighted by Crippen LogP contribution is 2.52. The van der Waals surface area contributed by atoms with Gasteiger partial charge in [0, 0.05) is 31.9 Å². The summed E-state index contributed by atoms with van der Waals surface area (Å²) in [6.07, 6.45) is 11.4. The smallest absolute Gasteiger partial charge is 0.326 e. The Morgan fingerprint density at radius 1 is 1.26 bits per heavy atom. The molecule has 35 heavy (non-hydrogen) atoms. The highest BCUT2D eigenvalue weighted by molar-refractivity contribution is 5.89. The lowest BCUT2D eigenvalue weighted by Gasteiger charge is -2.35. The average molecular weight is 486 g/mol. The fourth-order valence-electron chi connectivity index (χ4n) is 5.82. The van der Waals surface area contributed by atoms with Gasteiger partial charge in [0.25, 0.3) is 0 Å². The summed E-state index contributed by atoms with van der Waals surface area (Å²) in [6.45, 7) is 2.05. The van der Waals surface area contributed by atoms with Gasteiger partial charge in [-0.25, -0.2) is 9.78 Å². The number of carboxylic acid groups (broad SMARTS) is 1. The van der Waals surface area contributed by atoms with Gasteiger partial charge < -0.3 is 25.2 Å². The van der Waals surface area contributed by atoms with E-state index in [0.29, 0.717) is 19.1 Å². The number of pyridine rings is 1. The molecule has 3 N–H and O–H groups in total. The summed E-state index contributed by atoms with van der Waals surface area (Å²) in [7, 11) is 0. The first-order valence-corrected chi connectivity index (χ1v) is 13.5. The van der Waals surface area contributed by atoms with Gasteiger partial charge in [0.15, 0.2) is 0 Å². The number of nitrogens with zero attached hydrogens (tertiary/aromatic N) is 1. The summed E-state index contributed by atoms with van der Waals surface area (Å²) in [4.78, 5) is 29.5. The van der Waals surface area contributed by atoms with Gasteiger partial charge in [-0.1, -0.05) is 6.07 Å². The van der Waals surface area contributed by atoms with Crippen LogP contribution >= 0.6 is 0 Å². The van der Waals surface area contributed by atoms with Gasteiger partial charge in [0.2, 0.25) is 5.91 Å². The van der Waals surface area contributed by atoms with E-state index < -0.39 is 17.4 Å². The fourth-order valence-corrected chi connectivity index (χ4v) is 5.82. The molecule has 2 unspecified atom stereocenters. The SMILES string of the molecule is O=C(O)C(CCOC1CC(CCc2ccc3c(n2)NCCC3)C1)NC(=O)C1(C2CCCCO2)CC1. The maximum atomic E-state index is 12.9. The van der Waals surface area contributed by atoms with E-state index in [4.69, 9.17) is 14.5 Å². The molecule has 3 heterocycles. The van der Waals surface area contributed by atoms with Gasteiger partial charge in [-0.15, -0.1) is 0 Å². The van der Waals surface area contributed by atoms with Crippen LogP contribution in [0.25, 0.3) is 0 Å². The zero-order chi connectivity index (χ0) is 24.3. The summed E-state index contributed by atoms with van der Waals surface area (Å²) >= 11 is 0. The summed E-state index contributed by atoms with van der Waals surface area (Å²) in [5.41, 5.74) is 1.95. The number of aliphatic carboxylic acids is 1. The lowest BCUT2D eigenvalue weighted by Crippen LogP contribution is -2.49. The van der Waals surface area contributed by atoms with Crippen LogP contribution in [0.4, 0.5) is 5.82 Å². The standard InChI is InChI=1S/C27H39N3O5/c31-25(32)22(30-26(33)27(11-12-27)23-5-1-2-14-35-23)10-15-34-21-16-18(17-21)6-8-20-9-7-19-4-3-13-28-24(19)29-20/h7,9,18,21-23H,1-6,8,10-17H2,(H,28,29)(H,30,33)(H,31,32). The maximum Gasteiger partial charge on any atom is 0.326 e. The molecule has 3 fully saturated rings. The van der Waals surface area contributed by atoms with E-state index >= 15 is 0 Å². The van der Waals surface area contributed by atoms with Gasteiger partial charge in [0.1, 0.15) is 11.9 Å². The van der Waals surface area contributed by atoms with E-state index in [9.17, 15) is 14.7 Å². The van der Waals surface area contributed by atoms with Crippen molar-refractivity contribution >= 4 is 17.7 Å². The van der Waals surface area contributed by atoms with Crippen molar-refractivity contribution in [2.24, 2.45) is 11.3 Å². The Morgan fingerprint density at radius 3 is 2.86 bits per heavy atom. The molecule has 1 aromatic heterocycles. The fraction of sp³-hybridized carbons (Fsp3) is 0.741. The zero-order valence-electron chi connectivity index (χ0n) is 20.6. The van der Waals surface area contributed by atoms with E-state index in [1.807, 2.05) is 0 Å². The quantitative estimate of drug-likeness (QED) is 0.440. The van der Waals surface area contributed by atoms with Crippen LogP contribution in [-0.2, 0) is 31.9 Å². The van der Waals surface area contributed by atoms with Crippen molar-refractivity contribution < 1.29 is 24.2 Å². The third kappa shape index (κ3) is 5.80. The highest BCUT2D eigenvalue weighted by atomic mass is 16.5. The predicted octanol–water partition coefficient (Wildman–Crippen LogP) is 3.48. The van der Waals surface area contributed by atoms with Crippen LogP contribution in [0.3, 0.4) is 0 Å². The second-order valence-corrected chi connectivity index (χ2v) is 10.9. The summed E-state index contributed by atoms with van der Waals surface area (Å²) in [6, 6.07) is 3.45. The number of aromatic nitrogens is 1. The zero-order valence-corrected chi connectivity index (χ0v) is 20.6. The number of carboxylic acids is 1. The molecule has 8 heteroatoms. The molecule has 192 valence electrons. The van der Waals surface area contributed by atoms with Crippen molar-refractivity contribution in [2.45, 2.75) is 95.3 Å². The molecule has 4 aliphatic rings. The molecule has 0 bridgehead atoms. The minimum atomic E-state index is -0.999. The van der Waals surface area contributed by atoms with Crippen molar-refractivity contribution in [2.75, 3.05) is 25.1 Å². The molecule has 0 spiro atoms. The topological polar surface area (TPSA) is 110 Å². The largest absolute Gasteiger partial charge is 0.480 e. The number of ether oxygens (including phenoxy) is 2. The van der Waals surface area contributed by atoms with Gasteiger partial charge in [-0.3, -0.25) is 4.79 Å². The monoisotopic (exact) mass is 485 g/mol. The van der Waals surface area contributed by atoms with Crippen LogP contribution < -0.4 is 10.6 Å². The first-order chi connectivity index (χ1) is 17.0. The first kappa shape index (κ1) is 24.5. The van der Waals surface area contributed by atoms with Crippen LogP contribution in [0.15, 0.2) is 12.1 Å². The van der Waals surface area contributed by atoms with E-state index in [0.717, 1.165) is 82.3 Å². The highest BCUT2D eigenvalue weighted by Gasteiger charge is 2.57. The maximum absolute atomic E-state index is 12.9. The van der Waals surface area contributed by atoms with E-state index in [1.54, 1.807) is 0 Å². The third-order valence-electron chi connectivity index (χ3n) is 8.35. The number of hydrogen-bond acceptors (Lipinski definition) is 6. The molecule has 1 saturated heterocycles. The van der Waals surface area contributed by atoms with Crippen molar-refractivity contribution in [3.05, 3.63) is 23.4 Å². The minimum Gasteiger partial charge on any atom is -0.480 e. The predicted molar refractivity (Wildman–Crippen MR) is 131 cm³/mol. The first-order valence-electron chi connectivity index (χ1n) is 13.5. The Labute approximate surface area is 207 Å². The molecular formula is C27H39N3O5. The Balaban J connectivity index is 0.999. The van der Waals surface area contributed by atoms with Gasteiger partial charge >= 0.3 is 5.97 Å². The third-order valence-corrected chi connectivity index (χ3v) is 8.35. The number of aryl methyl sites for hydroxylation is 2. The number of anilines is 1. The summed E-state index contributed by atoms with van der Waals surface area (Å²) in [5.74, 6) is 0.529. The Kier molecular flexibility index (Phi) is 7.58. The van der Waals surface area contributed by atoms with E-state index in [1.165, 1.54) is 12.0 Å². The summed E-state index contributed by atoms with van der Waals surface area (Å²) < 4.78 is 11.8. The molecule has 2 aliphatic heterocycles. The Bertz CT molecular complexity index is 906. The lowest BCUT2D eigenvalue weighted by molar-refractivity contribution is -0.146. The van der Waals surface area contributed by atoms with E-state index in [2.05, 4.69) is 22.8 Å². The number of amides is 1. The average Bonchev–Trinajstić information content (AvgIpc) is 3.66. The lowest BCUT2D eigenvalue weighted by atomic mass is 9.79. The molecule has 2 atom stereocenters. The van der Waals surface area contributed by atoms with Crippen LogP contribution in [0.5, 0.6) is 0 Å². The minimum absolute atomic E-state index is 0.0679. The van der Waals surface area contributed by atoms with Crippen LogP contribution in [0.1, 0.15) is 75.5 Å². The van der Waals surface area contributed by atoms with Crippen LogP contribution in [0.2, 0.25) is 0 Å². The summed E-state index contributed by atoms with van der Waals surface area (Å²) in [5, 5.41) is 15.8. The van der Waals surface area contributed by atoms with Gasteiger partial charge in [-0.05, 0) is 88.2 Å². The van der Waals surface area contributed by atoms with Crippen molar-refractivity contribution in [3.8, 4) is 0 Å². The molecule has 5 rings (SSSR count).